The second-order valence-electron chi connectivity index (χ2n) is 6.18. The molecular formula is C16H23NO4S. The summed E-state index contributed by atoms with van der Waals surface area (Å²) >= 11 is 0. The molecule has 0 spiro atoms. The van der Waals surface area contributed by atoms with Crippen molar-refractivity contribution in [1.82, 2.24) is 4.72 Å². The highest BCUT2D eigenvalue weighted by Crippen LogP contribution is 2.25. The molecule has 0 unspecified atom stereocenters. The van der Waals surface area contributed by atoms with Crippen molar-refractivity contribution in [3.05, 3.63) is 34.9 Å². The van der Waals surface area contributed by atoms with Crippen molar-refractivity contribution in [2.45, 2.75) is 51.3 Å². The van der Waals surface area contributed by atoms with Gasteiger partial charge in [-0.15, -0.1) is 0 Å². The van der Waals surface area contributed by atoms with Gasteiger partial charge in [0.05, 0.1) is 11.7 Å². The zero-order chi connectivity index (χ0) is 16.3. The summed E-state index contributed by atoms with van der Waals surface area (Å²) in [6, 6.07) is 5.52. The molecule has 6 heteroatoms. The Bertz CT molecular complexity index is 646. The van der Waals surface area contributed by atoms with Crippen molar-refractivity contribution in [2.24, 2.45) is 5.92 Å². The van der Waals surface area contributed by atoms with Gasteiger partial charge < -0.3 is 5.11 Å². The molecule has 2 rings (SSSR count). The van der Waals surface area contributed by atoms with E-state index in [-0.39, 0.29) is 17.7 Å². The number of hydrogen-bond acceptors (Lipinski definition) is 3. The maximum absolute atomic E-state index is 12.3. The van der Waals surface area contributed by atoms with E-state index < -0.39 is 16.0 Å². The van der Waals surface area contributed by atoms with Crippen molar-refractivity contribution in [1.29, 1.82) is 0 Å². The normalized spacial score (nSPS) is 22.5. The van der Waals surface area contributed by atoms with Gasteiger partial charge in [0.2, 0.25) is 10.0 Å². The molecule has 122 valence electrons. The average molecular weight is 325 g/mol. The first-order valence-corrected chi connectivity index (χ1v) is 9.21. The molecule has 0 aliphatic heterocycles. The standard InChI is InChI=1S/C16H23NO4S/c1-11-3-4-13(9-12(11)2)10-22(20,21)17-15-7-5-14(6-8-15)16(18)19/h3-4,9,14-15,17H,5-8,10H2,1-2H3,(H,18,19). The van der Waals surface area contributed by atoms with E-state index >= 15 is 0 Å². The molecule has 0 saturated heterocycles. The molecule has 0 atom stereocenters. The fourth-order valence-corrected chi connectivity index (χ4v) is 4.31. The van der Waals surface area contributed by atoms with E-state index in [0.29, 0.717) is 25.7 Å². The van der Waals surface area contributed by atoms with Gasteiger partial charge in [-0.1, -0.05) is 18.2 Å². The highest BCUT2D eigenvalue weighted by atomic mass is 32.2. The molecule has 5 nitrogen and oxygen atoms in total. The summed E-state index contributed by atoms with van der Waals surface area (Å²) in [6.07, 6.45) is 2.24. The lowest BCUT2D eigenvalue weighted by Gasteiger charge is -2.26. The number of benzene rings is 1. The van der Waals surface area contributed by atoms with Crippen molar-refractivity contribution < 1.29 is 18.3 Å². The Morgan fingerprint density at radius 3 is 2.36 bits per heavy atom. The van der Waals surface area contributed by atoms with Gasteiger partial charge in [0.25, 0.3) is 0 Å². The minimum absolute atomic E-state index is 0.0347. The van der Waals surface area contributed by atoms with Crippen molar-refractivity contribution in [2.75, 3.05) is 0 Å². The Morgan fingerprint density at radius 1 is 1.18 bits per heavy atom. The summed E-state index contributed by atoms with van der Waals surface area (Å²) in [5.41, 5.74) is 2.99. The average Bonchev–Trinajstić information content (AvgIpc) is 2.42. The number of carboxylic acids is 1. The first kappa shape index (κ1) is 17.0. The Hall–Kier alpha value is -1.40. The molecule has 22 heavy (non-hydrogen) atoms. The molecule has 1 aliphatic carbocycles. The van der Waals surface area contributed by atoms with E-state index in [9.17, 15) is 13.2 Å². The van der Waals surface area contributed by atoms with Crippen LogP contribution in [0.2, 0.25) is 0 Å². The highest BCUT2D eigenvalue weighted by molar-refractivity contribution is 7.88. The third kappa shape index (κ3) is 4.55. The van der Waals surface area contributed by atoms with Crippen molar-refractivity contribution in [3.63, 3.8) is 0 Å². The lowest BCUT2D eigenvalue weighted by Crippen LogP contribution is -2.39. The van der Waals surface area contributed by atoms with Gasteiger partial charge in [0, 0.05) is 6.04 Å². The largest absolute Gasteiger partial charge is 0.481 e. The molecule has 0 amide bonds. The van der Waals surface area contributed by atoms with Gasteiger partial charge in [-0.2, -0.15) is 0 Å². The van der Waals surface area contributed by atoms with Crippen molar-refractivity contribution >= 4 is 16.0 Å². The van der Waals surface area contributed by atoms with Crippen LogP contribution in [0.25, 0.3) is 0 Å². The van der Waals surface area contributed by atoms with Crippen LogP contribution in [0.1, 0.15) is 42.4 Å². The van der Waals surface area contributed by atoms with Crippen LogP contribution in [0.3, 0.4) is 0 Å². The van der Waals surface area contributed by atoms with Crippen LogP contribution in [-0.2, 0) is 20.6 Å². The van der Waals surface area contributed by atoms with E-state index in [1.165, 1.54) is 0 Å². The zero-order valence-corrected chi connectivity index (χ0v) is 13.8. The SMILES string of the molecule is Cc1ccc(CS(=O)(=O)NC2CCC(C(=O)O)CC2)cc1C. The molecule has 1 aromatic rings. The molecule has 1 saturated carbocycles. The number of sulfonamides is 1. The Morgan fingerprint density at radius 2 is 1.82 bits per heavy atom. The Labute approximate surface area is 131 Å². The van der Waals surface area contributed by atoms with Crippen molar-refractivity contribution in [3.8, 4) is 0 Å². The van der Waals surface area contributed by atoms with E-state index in [1.807, 2.05) is 32.0 Å². The molecule has 1 fully saturated rings. The van der Waals surface area contributed by atoms with E-state index in [2.05, 4.69) is 4.72 Å². The maximum Gasteiger partial charge on any atom is 0.306 e. The van der Waals surface area contributed by atoms with Gasteiger partial charge in [-0.05, 0) is 56.2 Å². The summed E-state index contributed by atoms with van der Waals surface area (Å²) in [5.74, 6) is -1.15. The molecule has 0 bridgehead atoms. The van der Waals surface area contributed by atoms with E-state index in [0.717, 1.165) is 16.7 Å². The van der Waals surface area contributed by atoms with Gasteiger partial charge in [-0.3, -0.25) is 4.79 Å². The van der Waals surface area contributed by atoms with E-state index in [4.69, 9.17) is 5.11 Å². The second kappa shape index (κ2) is 6.79. The lowest BCUT2D eigenvalue weighted by molar-refractivity contribution is -0.142. The monoisotopic (exact) mass is 325 g/mol. The summed E-state index contributed by atoms with van der Waals surface area (Å²) in [4.78, 5) is 10.9. The molecule has 0 radical (unpaired) electrons. The van der Waals surface area contributed by atoms with Crippen LogP contribution in [0.15, 0.2) is 18.2 Å². The van der Waals surface area contributed by atoms with Crippen LogP contribution in [0.4, 0.5) is 0 Å². The minimum atomic E-state index is -3.40. The fourth-order valence-electron chi connectivity index (χ4n) is 2.87. The van der Waals surface area contributed by atoms with Crippen LogP contribution in [-0.4, -0.2) is 25.5 Å². The predicted molar refractivity (Wildman–Crippen MR) is 85.1 cm³/mol. The molecule has 2 N–H and O–H groups in total. The second-order valence-corrected chi connectivity index (χ2v) is 7.94. The molecule has 0 heterocycles. The summed E-state index contributed by atoms with van der Waals surface area (Å²) in [5, 5.41) is 8.96. The summed E-state index contributed by atoms with van der Waals surface area (Å²) < 4.78 is 27.2. The predicted octanol–water partition coefficient (Wildman–Crippen LogP) is 2.37. The van der Waals surface area contributed by atoms with E-state index in [1.54, 1.807) is 0 Å². The third-order valence-electron chi connectivity index (χ3n) is 4.35. The van der Waals surface area contributed by atoms with Crippen LogP contribution >= 0.6 is 0 Å². The minimum Gasteiger partial charge on any atom is -0.481 e. The number of aryl methyl sites for hydroxylation is 2. The molecule has 0 aromatic heterocycles. The first-order valence-electron chi connectivity index (χ1n) is 7.56. The number of carbonyl (C=O) groups is 1. The fraction of sp³-hybridized carbons (Fsp3) is 0.562. The number of hydrogen-bond donors (Lipinski definition) is 2. The number of rotatable bonds is 5. The zero-order valence-electron chi connectivity index (χ0n) is 13.0. The maximum atomic E-state index is 12.3. The van der Waals surface area contributed by atoms with Crippen LogP contribution in [0, 0.1) is 19.8 Å². The molecule has 1 aliphatic rings. The van der Waals surface area contributed by atoms with Crippen LogP contribution < -0.4 is 4.72 Å². The van der Waals surface area contributed by atoms with Gasteiger partial charge in [0.1, 0.15) is 0 Å². The Kier molecular flexibility index (Phi) is 5.24. The topological polar surface area (TPSA) is 83.5 Å². The summed E-state index contributed by atoms with van der Waals surface area (Å²) in [6.45, 7) is 3.96. The summed E-state index contributed by atoms with van der Waals surface area (Å²) in [7, 11) is -3.40. The van der Waals surface area contributed by atoms with Gasteiger partial charge in [-0.25, -0.2) is 13.1 Å². The third-order valence-corrected chi connectivity index (χ3v) is 5.76. The Balaban J connectivity index is 1.94. The number of nitrogens with one attached hydrogen (secondary N) is 1. The lowest BCUT2D eigenvalue weighted by atomic mass is 9.87. The van der Waals surface area contributed by atoms with Gasteiger partial charge >= 0.3 is 5.97 Å². The number of carboxylic acid groups (broad SMARTS) is 1. The number of aliphatic carboxylic acids is 1. The van der Waals surface area contributed by atoms with Gasteiger partial charge in [0.15, 0.2) is 0 Å². The molecule has 1 aromatic carbocycles. The smallest absolute Gasteiger partial charge is 0.306 e. The first-order chi connectivity index (χ1) is 10.3. The highest BCUT2D eigenvalue weighted by Gasteiger charge is 2.28. The quantitative estimate of drug-likeness (QED) is 0.870. The van der Waals surface area contributed by atoms with Crippen LogP contribution in [0.5, 0.6) is 0 Å². The molecular weight excluding hydrogens is 302 g/mol.